The Balaban J connectivity index is 1.90. The van der Waals surface area contributed by atoms with Crippen LogP contribution >= 0.6 is 15.9 Å². The molecule has 0 radical (unpaired) electrons. The number of carbonyl (C=O) groups excluding carboxylic acids is 1. The van der Waals surface area contributed by atoms with Crippen molar-refractivity contribution in [2.75, 3.05) is 11.9 Å². The average molecular weight is 384 g/mol. The monoisotopic (exact) mass is 383 g/mol. The molecule has 0 aliphatic carbocycles. The molecule has 24 heavy (non-hydrogen) atoms. The summed E-state index contributed by atoms with van der Waals surface area (Å²) in [5, 5.41) is 3.39. The number of nitrogens with zero attached hydrogens (tertiary/aromatic N) is 1. The van der Waals surface area contributed by atoms with Crippen molar-refractivity contribution in [3.63, 3.8) is 0 Å². The Hall–Kier alpha value is -2.44. The second kappa shape index (κ2) is 6.22. The zero-order valence-corrected chi connectivity index (χ0v) is 14.3. The van der Waals surface area contributed by atoms with Crippen LogP contribution in [0.25, 0.3) is 11.3 Å². The lowest BCUT2D eigenvalue weighted by Crippen LogP contribution is -2.18. The number of ketones is 1. The molecule has 4 rings (SSSR count). The molecular weight excluding hydrogens is 370 g/mol. The Morgan fingerprint density at radius 3 is 2.79 bits per heavy atom. The predicted octanol–water partition coefficient (Wildman–Crippen LogP) is 4.30. The number of aromatic amines is 1. The van der Waals surface area contributed by atoms with E-state index >= 15 is 0 Å². The van der Waals surface area contributed by atoms with Crippen LogP contribution in [0, 0.1) is 0 Å². The number of hydrogen-bond acceptors (Lipinski definition) is 4. The first kappa shape index (κ1) is 15.1. The van der Waals surface area contributed by atoms with Gasteiger partial charge in [-0.25, -0.2) is 0 Å². The van der Waals surface area contributed by atoms with Gasteiger partial charge in [0.05, 0.1) is 29.2 Å². The van der Waals surface area contributed by atoms with E-state index < -0.39 is 0 Å². The number of nitrogens with one attached hydrogen (secondary N) is 2. The van der Waals surface area contributed by atoms with Crippen LogP contribution in [0.2, 0.25) is 0 Å². The highest BCUT2D eigenvalue weighted by Crippen LogP contribution is 2.39. The van der Waals surface area contributed by atoms with Gasteiger partial charge in [-0.15, -0.1) is 0 Å². The molecule has 0 atom stereocenters. The number of para-hydroxylation sites is 1. The normalized spacial score (nSPS) is 13.6. The van der Waals surface area contributed by atoms with Gasteiger partial charge in [-0.05, 0) is 34.1 Å². The summed E-state index contributed by atoms with van der Waals surface area (Å²) in [7, 11) is 0. The fourth-order valence-electron chi connectivity index (χ4n) is 2.86. The first-order chi connectivity index (χ1) is 11.7. The maximum absolute atomic E-state index is 12.4. The third kappa shape index (κ3) is 2.64. The van der Waals surface area contributed by atoms with Crippen LogP contribution in [0.3, 0.4) is 0 Å². The minimum atomic E-state index is -0.0256. The molecule has 6 heteroatoms. The zero-order chi connectivity index (χ0) is 16.5. The van der Waals surface area contributed by atoms with Crippen molar-refractivity contribution in [2.45, 2.75) is 6.61 Å². The molecule has 2 N–H and O–H groups in total. The van der Waals surface area contributed by atoms with Gasteiger partial charge in [0.25, 0.3) is 0 Å². The van der Waals surface area contributed by atoms with E-state index in [0.717, 1.165) is 32.8 Å². The molecule has 1 aliphatic heterocycles. The molecule has 120 valence electrons. The van der Waals surface area contributed by atoms with Gasteiger partial charge in [-0.3, -0.25) is 9.78 Å². The van der Waals surface area contributed by atoms with Crippen molar-refractivity contribution in [1.29, 1.82) is 0 Å². The van der Waals surface area contributed by atoms with Gasteiger partial charge < -0.3 is 15.0 Å². The van der Waals surface area contributed by atoms with Crippen LogP contribution < -0.4 is 5.32 Å². The molecule has 0 spiro atoms. The predicted molar refractivity (Wildman–Crippen MR) is 95.4 cm³/mol. The van der Waals surface area contributed by atoms with Gasteiger partial charge in [0.1, 0.15) is 6.61 Å². The molecule has 5 nitrogen and oxygen atoms in total. The molecule has 0 amide bonds. The van der Waals surface area contributed by atoms with Gasteiger partial charge in [-0.2, -0.15) is 0 Å². The molecule has 1 aromatic carbocycles. The Labute approximate surface area is 147 Å². The molecule has 0 saturated heterocycles. The molecule has 0 unspecified atom stereocenters. The number of aromatic nitrogens is 2. The van der Waals surface area contributed by atoms with Crippen LogP contribution in [-0.2, 0) is 11.3 Å². The van der Waals surface area contributed by atoms with Crippen LogP contribution in [0.15, 0.2) is 53.3 Å². The van der Waals surface area contributed by atoms with E-state index in [-0.39, 0.29) is 12.4 Å². The quantitative estimate of drug-likeness (QED) is 0.707. The van der Waals surface area contributed by atoms with Crippen LogP contribution in [0.4, 0.5) is 11.4 Å². The molecule has 0 bridgehead atoms. The lowest BCUT2D eigenvalue weighted by molar-refractivity contribution is 0.0660. The van der Waals surface area contributed by atoms with Gasteiger partial charge in [0, 0.05) is 28.1 Å². The second-order valence-corrected chi connectivity index (χ2v) is 6.35. The summed E-state index contributed by atoms with van der Waals surface area (Å²) in [6, 6.07) is 11.7. The highest BCUT2D eigenvalue weighted by molar-refractivity contribution is 9.10. The second-order valence-electron chi connectivity index (χ2n) is 5.49. The molecule has 0 saturated carbocycles. The maximum Gasteiger partial charge on any atom is 0.192 e. The van der Waals surface area contributed by atoms with Crippen molar-refractivity contribution in [1.82, 2.24) is 9.97 Å². The summed E-state index contributed by atoms with van der Waals surface area (Å²) in [6.07, 6.45) is 3.46. The number of ether oxygens (including phenoxy) is 1. The van der Waals surface area contributed by atoms with E-state index in [0.29, 0.717) is 12.2 Å². The number of H-pyrrole nitrogens is 1. The smallest absolute Gasteiger partial charge is 0.192 e. The van der Waals surface area contributed by atoms with Crippen LogP contribution in [-0.4, -0.2) is 22.4 Å². The van der Waals surface area contributed by atoms with Gasteiger partial charge in [0.2, 0.25) is 0 Å². The van der Waals surface area contributed by atoms with Crippen molar-refractivity contribution in [2.24, 2.45) is 0 Å². The number of carbonyl (C=O) groups is 1. The van der Waals surface area contributed by atoms with Crippen LogP contribution in [0.5, 0.6) is 0 Å². The standard InChI is InChI=1S/C18H14BrN3O2/c19-13-8-20-7-6-12(13)17-18(21-11-4-2-1-3-5-11)16-14(22-17)9-24-10-15(16)23/h1-8,21-22H,9-10H2. The SMILES string of the molecule is O=C1COCc2[nH]c(-c3ccncc3Br)c(Nc3ccccc3)c21. The summed E-state index contributed by atoms with van der Waals surface area (Å²) in [6.45, 7) is 0.499. The summed E-state index contributed by atoms with van der Waals surface area (Å²) in [4.78, 5) is 19.9. The summed E-state index contributed by atoms with van der Waals surface area (Å²) < 4.78 is 6.21. The Kier molecular flexibility index (Phi) is 3.92. The number of pyridine rings is 1. The molecule has 1 aliphatic rings. The van der Waals surface area contributed by atoms with Crippen molar-refractivity contribution < 1.29 is 9.53 Å². The average Bonchev–Trinajstić information content (AvgIpc) is 2.96. The highest BCUT2D eigenvalue weighted by atomic mass is 79.9. The number of anilines is 2. The Bertz CT molecular complexity index is 906. The number of hydrogen-bond donors (Lipinski definition) is 2. The summed E-state index contributed by atoms with van der Waals surface area (Å²) >= 11 is 3.53. The van der Waals surface area contributed by atoms with E-state index in [1.54, 1.807) is 12.4 Å². The summed E-state index contributed by atoms with van der Waals surface area (Å²) in [5.41, 5.74) is 4.94. The third-order valence-electron chi connectivity index (χ3n) is 3.92. The van der Waals surface area contributed by atoms with Gasteiger partial charge >= 0.3 is 0 Å². The van der Waals surface area contributed by atoms with E-state index in [4.69, 9.17) is 4.74 Å². The first-order valence-electron chi connectivity index (χ1n) is 7.52. The molecular formula is C18H14BrN3O2. The van der Waals surface area contributed by atoms with Crippen molar-refractivity contribution in [3.05, 3.63) is 64.5 Å². The number of benzene rings is 1. The van der Waals surface area contributed by atoms with Crippen molar-refractivity contribution in [3.8, 4) is 11.3 Å². The molecule has 2 aromatic heterocycles. The molecule has 0 fully saturated rings. The number of rotatable bonds is 3. The van der Waals surface area contributed by atoms with E-state index in [1.165, 1.54) is 0 Å². The Morgan fingerprint density at radius 1 is 1.17 bits per heavy atom. The number of halogens is 1. The van der Waals surface area contributed by atoms with Gasteiger partial charge in [0.15, 0.2) is 5.78 Å². The number of fused-ring (bicyclic) bond motifs is 1. The van der Waals surface area contributed by atoms with E-state index in [1.807, 2.05) is 36.4 Å². The summed E-state index contributed by atoms with van der Waals surface area (Å²) in [5.74, 6) is -0.0256. The molecule has 3 heterocycles. The minimum absolute atomic E-state index is 0.0256. The fourth-order valence-corrected chi connectivity index (χ4v) is 3.31. The maximum atomic E-state index is 12.4. The fraction of sp³-hybridized carbons (Fsp3) is 0.111. The number of Topliss-reactive ketones (excluding diaryl/α,β-unsaturated/α-hetero) is 1. The Morgan fingerprint density at radius 2 is 2.00 bits per heavy atom. The highest BCUT2D eigenvalue weighted by Gasteiger charge is 2.28. The van der Waals surface area contributed by atoms with Gasteiger partial charge in [-0.1, -0.05) is 18.2 Å². The van der Waals surface area contributed by atoms with Crippen LogP contribution in [0.1, 0.15) is 16.1 Å². The van der Waals surface area contributed by atoms with E-state index in [9.17, 15) is 4.79 Å². The largest absolute Gasteiger partial charge is 0.367 e. The van der Waals surface area contributed by atoms with E-state index in [2.05, 4.69) is 31.2 Å². The molecule has 3 aromatic rings. The third-order valence-corrected chi connectivity index (χ3v) is 4.55. The lowest BCUT2D eigenvalue weighted by atomic mass is 10.1. The topological polar surface area (TPSA) is 67.0 Å². The zero-order valence-electron chi connectivity index (χ0n) is 12.7. The van der Waals surface area contributed by atoms with Crippen molar-refractivity contribution >= 4 is 33.1 Å². The lowest BCUT2D eigenvalue weighted by Gasteiger charge is -2.14. The minimum Gasteiger partial charge on any atom is -0.367 e. The first-order valence-corrected chi connectivity index (χ1v) is 8.31.